The standard InChI is InChI=1S/C13H21NO2/c1-14(2)8-4-5-11-6-7-13(16-3)12(9-11)10-15/h6-7,9,15H,4-5,8,10H2,1-3H3. The van der Waals surface area contributed by atoms with Gasteiger partial charge in [0.25, 0.3) is 0 Å². The summed E-state index contributed by atoms with van der Waals surface area (Å²) in [5, 5.41) is 9.20. The molecule has 0 aliphatic heterocycles. The second-order valence-corrected chi connectivity index (χ2v) is 4.21. The number of rotatable bonds is 6. The molecule has 1 aromatic carbocycles. The van der Waals surface area contributed by atoms with Gasteiger partial charge in [0.1, 0.15) is 5.75 Å². The molecule has 3 heteroatoms. The van der Waals surface area contributed by atoms with Crippen molar-refractivity contribution in [3.05, 3.63) is 29.3 Å². The molecule has 90 valence electrons. The Balaban J connectivity index is 2.60. The summed E-state index contributed by atoms with van der Waals surface area (Å²) in [5.41, 5.74) is 2.12. The van der Waals surface area contributed by atoms with E-state index in [9.17, 15) is 5.11 Å². The van der Waals surface area contributed by atoms with Crippen LogP contribution in [0.3, 0.4) is 0 Å². The average molecular weight is 223 g/mol. The third-order valence-corrected chi connectivity index (χ3v) is 2.59. The van der Waals surface area contributed by atoms with E-state index in [-0.39, 0.29) is 6.61 Å². The first-order chi connectivity index (χ1) is 7.67. The Kier molecular flexibility index (Phi) is 5.29. The number of aryl methyl sites for hydroxylation is 1. The third-order valence-electron chi connectivity index (χ3n) is 2.59. The summed E-state index contributed by atoms with van der Waals surface area (Å²) in [5.74, 6) is 0.763. The molecule has 0 aliphatic rings. The van der Waals surface area contributed by atoms with Gasteiger partial charge in [-0.25, -0.2) is 0 Å². The minimum absolute atomic E-state index is 0.0324. The zero-order valence-corrected chi connectivity index (χ0v) is 10.4. The van der Waals surface area contributed by atoms with Gasteiger partial charge in [-0.05, 0) is 51.2 Å². The Bertz CT molecular complexity index is 324. The van der Waals surface area contributed by atoms with Crippen LogP contribution in [0.5, 0.6) is 5.75 Å². The van der Waals surface area contributed by atoms with Crippen LogP contribution >= 0.6 is 0 Å². The van der Waals surface area contributed by atoms with Gasteiger partial charge in [0.2, 0.25) is 0 Å². The molecule has 0 bridgehead atoms. The largest absolute Gasteiger partial charge is 0.496 e. The summed E-state index contributed by atoms with van der Waals surface area (Å²) in [6, 6.07) is 6.01. The van der Waals surface area contributed by atoms with Crippen LogP contribution in [0, 0.1) is 0 Å². The maximum absolute atomic E-state index is 9.20. The van der Waals surface area contributed by atoms with Crippen molar-refractivity contribution in [2.45, 2.75) is 19.4 Å². The van der Waals surface area contributed by atoms with Crippen LogP contribution in [0.15, 0.2) is 18.2 Å². The Hall–Kier alpha value is -1.06. The summed E-state index contributed by atoms with van der Waals surface area (Å²) in [4.78, 5) is 2.18. The van der Waals surface area contributed by atoms with E-state index in [0.717, 1.165) is 30.7 Å². The van der Waals surface area contributed by atoms with E-state index in [4.69, 9.17) is 4.74 Å². The number of aliphatic hydroxyl groups excluding tert-OH is 1. The molecule has 0 unspecified atom stereocenters. The van der Waals surface area contributed by atoms with Gasteiger partial charge in [0.15, 0.2) is 0 Å². The predicted molar refractivity (Wildman–Crippen MR) is 65.8 cm³/mol. The summed E-state index contributed by atoms with van der Waals surface area (Å²) >= 11 is 0. The summed E-state index contributed by atoms with van der Waals surface area (Å²) in [6.07, 6.45) is 2.17. The van der Waals surface area contributed by atoms with Gasteiger partial charge < -0.3 is 14.7 Å². The molecule has 3 nitrogen and oxygen atoms in total. The van der Waals surface area contributed by atoms with Crippen LogP contribution in [0.1, 0.15) is 17.5 Å². The average Bonchev–Trinajstić information content (AvgIpc) is 2.28. The van der Waals surface area contributed by atoms with E-state index in [1.54, 1.807) is 7.11 Å². The number of methoxy groups -OCH3 is 1. The van der Waals surface area contributed by atoms with Crippen LogP contribution in [-0.4, -0.2) is 37.8 Å². The zero-order chi connectivity index (χ0) is 12.0. The molecule has 0 fully saturated rings. The van der Waals surface area contributed by atoms with Crippen LogP contribution in [-0.2, 0) is 13.0 Å². The van der Waals surface area contributed by atoms with Crippen LogP contribution in [0.25, 0.3) is 0 Å². The lowest BCUT2D eigenvalue weighted by atomic mass is 10.1. The Labute approximate surface area is 97.7 Å². The van der Waals surface area contributed by atoms with E-state index in [1.807, 2.05) is 12.1 Å². The van der Waals surface area contributed by atoms with Crippen molar-refractivity contribution in [1.82, 2.24) is 4.90 Å². The molecule has 16 heavy (non-hydrogen) atoms. The lowest BCUT2D eigenvalue weighted by Gasteiger charge is -2.11. The van der Waals surface area contributed by atoms with Crippen molar-refractivity contribution < 1.29 is 9.84 Å². The first kappa shape index (κ1) is 13.0. The molecule has 0 radical (unpaired) electrons. The minimum Gasteiger partial charge on any atom is -0.496 e. The topological polar surface area (TPSA) is 32.7 Å². The van der Waals surface area contributed by atoms with Gasteiger partial charge in [-0.15, -0.1) is 0 Å². The number of hydrogen-bond donors (Lipinski definition) is 1. The van der Waals surface area contributed by atoms with Crippen molar-refractivity contribution in [2.24, 2.45) is 0 Å². The SMILES string of the molecule is COc1ccc(CCCN(C)C)cc1CO. The molecule has 0 heterocycles. The predicted octanol–water partition coefficient (Wildman–Crippen LogP) is 1.68. The lowest BCUT2D eigenvalue weighted by Crippen LogP contribution is -2.13. The highest BCUT2D eigenvalue weighted by Crippen LogP contribution is 2.20. The molecular formula is C13H21NO2. The smallest absolute Gasteiger partial charge is 0.124 e. The monoisotopic (exact) mass is 223 g/mol. The quantitative estimate of drug-likeness (QED) is 0.796. The highest BCUT2D eigenvalue weighted by atomic mass is 16.5. The minimum atomic E-state index is 0.0324. The highest BCUT2D eigenvalue weighted by molar-refractivity contribution is 5.36. The van der Waals surface area contributed by atoms with Crippen LogP contribution in [0.4, 0.5) is 0 Å². The molecular weight excluding hydrogens is 202 g/mol. The van der Waals surface area contributed by atoms with E-state index in [2.05, 4.69) is 25.1 Å². The van der Waals surface area contributed by atoms with Crippen LogP contribution in [0.2, 0.25) is 0 Å². The molecule has 1 N–H and O–H groups in total. The van der Waals surface area contributed by atoms with Gasteiger partial charge >= 0.3 is 0 Å². The van der Waals surface area contributed by atoms with E-state index in [1.165, 1.54) is 5.56 Å². The van der Waals surface area contributed by atoms with Crippen molar-refractivity contribution in [3.8, 4) is 5.75 Å². The first-order valence-corrected chi connectivity index (χ1v) is 5.58. The maximum atomic E-state index is 9.20. The molecule has 0 aromatic heterocycles. The van der Waals surface area contributed by atoms with Gasteiger partial charge in [-0.3, -0.25) is 0 Å². The molecule has 0 spiro atoms. The maximum Gasteiger partial charge on any atom is 0.124 e. The van der Waals surface area contributed by atoms with Crippen molar-refractivity contribution in [1.29, 1.82) is 0 Å². The molecule has 0 amide bonds. The van der Waals surface area contributed by atoms with Crippen molar-refractivity contribution >= 4 is 0 Å². The first-order valence-electron chi connectivity index (χ1n) is 5.58. The normalized spacial score (nSPS) is 10.8. The molecule has 0 atom stereocenters. The molecule has 1 rings (SSSR count). The summed E-state index contributed by atoms with van der Waals surface area (Å²) in [6.45, 7) is 1.12. The van der Waals surface area contributed by atoms with E-state index < -0.39 is 0 Å². The van der Waals surface area contributed by atoms with Gasteiger partial charge in [0, 0.05) is 5.56 Å². The van der Waals surface area contributed by atoms with E-state index >= 15 is 0 Å². The Morgan fingerprint density at radius 2 is 2.06 bits per heavy atom. The highest BCUT2D eigenvalue weighted by Gasteiger charge is 2.03. The third kappa shape index (κ3) is 3.83. The molecule has 0 saturated heterocycles. The lowest BCUT2D eigenvalue weighted by molar-refractivity contribution is 0.273. The van der Waals surface area contributed by atoms with E-state index in [0.29, 0.717) is 0 Å². The van der Waals surface area contributed by atoms with Crippen molar-refractivity contribution in [3.63, 3.8) is 0 Å². The fourth-order valence-electron chi connectivity index (χ4n) is 1.71. The summed E-state index contributed by atoms with van der Waals surface area (Å²) in [7, 11) is 5.78. The Morgan fingerprint density at radius 3 is 2.62 bits per heavy atom. The van der Waals surface area contributed by atoms with Gasteiger partial charge in [-0.2, -0.15) is 0 Å². The summed E-state index contributed by atoms with van der Waals surface area (Å²) < 4.78 is 5.17. The number of nitrogens with zero attached hydrogens (tertiary/aromatic N) is 1. The molecule has 0 saturated carbocycles. The number of hydrogen-bond acceptors (Lipinski definition) is 3. The Morgan fingerprint density at radius 1 is 1.31 bits per heavy atom. The van der Waals surface area contributed by atoms with Crippen molar-refractivity contribution in [2.75, 3.05) is 27.7 Å². The fourth-order valence-corrected chi connectivity index (χ4v) is 1.71. The second kappa shape index (κ2) is 6.51. The van der Waals surface area contributed by atoms with Gasteiger partial charge in [-0.1, -0.05) is 6.07 Å². The number of ether oxygens (including phenoxy) is 1. The zero-order valence-electron chi connectivity index (χ0n) is 10.4. The molecule has 1 aromatic rings. The number of aliphatic hydroxyl groups is 1. The van der Waals surface area contributed by atoms with Crippen LogP contribution < -0.4 is 4.74 Å². The number of benzene rings is 1. The second-order valence-electron chi connectivity index (χ2n) is 4.21. The molecule has 0 aliphatic carbocycles. The fraction of sp³-hybridized carbons (Fsp3) is 0.538. The van der Waals surface area contributed by atoms with Gasteiger partial charge in [0.05, 0.1) is 13.7 Å².